The highest BCUT2D eigenvalue weighted by molar-refractivity contribution is 14.0. The minimum atomic E-state index is -4.41. The van der Waals surface area contributed by atoms with Gasteiger partial charge in [0.05, 0.1) is 6.54 Å². The van der Waals surface area contributed by atoms with Gasteiger partial charge in [0.1, 0.15) is 5.01 Å². The lowest BCUT2D eigenvalue weighted by Crippen LogP contribution is -2.48. The molecule has 1 aromatic heterocycles. The summed E-state index contributed by atoms with van der Waals surface area (Å²) < 4.78 is 38.0. The third-order valence-corrected chi connectivity index (χ3v) is 5.35. The summed E-state index contributed by atoms with van der Waals surface area (Å²) in [4.78, 5) is 10.4. The molecule has 1 fully saturated rings. The Morgan fingerprint density at radius 2 is 1.93 bits per heavy atom. The maximum atomic E-state index is 12.7. The van der Waals surface area contributed by atoms with Crippen LogP contribution in [0, 0.1) is 0 Å². The topological polar surface area (TPSA) is 52.6 Å². The fraction of sp³-hybridized carbons (Fsp3) is 0.474. The summed E-state index contributed by atoms with van der Waals surface area (Å²) in [6.07, 6.45) is -2.47. The lowest BCUT2D eigenvalue weighted by Gasteiger charge is -2.34. The second-order valence-corrected chi connectivity index (χ2v) is 7.50. The van der Waals surface area contributed by atoms with E-state index in [0.717, 1.165) is 42.6 Å². The minimum absolute atomic E-state index is 0. The normalized spacial score (nSPS) is 15.7. The Bertz CT molecular complexity index is 774. The fourth-order valence-corrected chi connectivity index (χ4v) is 3.82. The molecule has 2 heterocycles. The Morgan fingerprint density at radius 1 is 1.24 bits per heavy atom. The number of para-hydroxylation sites is 1. The average Bonchev–Trinajstić information content (AvgIpc) is 3.17. The van der Waals surface area contributed by atoms with Gasteiger partial charge in [-0.3, -0.25) is 0 Å². The van der Waals surface area contributed by atoms with Crippen LogP contribution in [0.15, 0.2) is 40.7 Å². The van der Waals surface area contributed by atoms with E-state index in [1.54, 1.807) is 0 Å². The first-order chi connectivity index (χ1) is 13.5. The first-order valence-corrected chi connectivity index (χ1v) is 10.2. The van der Waals surface area contributed by atoms with Crippen LogP contribution in [0.1, 0.15) is 30.5 Å². The molecule has 2 aromatic rings. The van der Waals surface area contributed by atoms with Gasteiger partial charge in [-0.15, -0.1) is 35.3 Å². The van der Waals surface area contributed by atoms with Gasteiger partial charge < -0.3 is 15.5 Å². The molecule has 160 valence electrons. The van der Waals surface area contributed by atoms with Crippen LogP contribution in [0.3, 0.4) is 0 Å². The third kappa shape index (κ3) is 7.02. The molecule has 0 aliphatic carbocycles. The quantitative estimate of drug-likeness (QED) is 0.334. The summed E-state index contributed by atoms with van der Waals surface area (Å²) in [5.41, 5.74) is 0.375. The van der Waals surface area contributed by atoms with Gasteiger partial charge in [0.25, 0.3) is 0 Å². The number of halogens is 4. The van der Waals surface area contributed by atoms with E-state index in [1.165, 1.54) is 5.69 Å². The first-order valence-electron chi connectivity index (χ1n) is 9.32. The molecule has 0 amide bonds. The van der Waals surface area contributed by atoms with Crippen LogP contribution in [0.4, 0.5) is 18.9 Å². The van der Waals surface area contributed by atoms with Crippen LogP contribution in [0.25, 0.3) is 0 Å². The predicted molar refractivity (Wildman–Crippen MR) is 122 cm³/mol. The summed E-state index contributed by atoms with van der Waals surface area (Å²) in [5, 5.41) is 7.95. The Kier molecular flexibility index (Phi) is 9.00. The number of nitrogens with zero attached hydrogens (tertiary/aromatic N) is 3. The van der Waals surface area contributed by atoms with Gasteiger partial charge in [0.15, 0.2) is 11.7 Å². The van der Waals surface area contributed by atoms with Crippen LogP contribution < -0.4 is 15.5 Å². The lowest BCUT2D eigenvalue weighted by atomic mass is 10.0. The molecule has 2 N–H and O–H groups in total. The Balaban J connectivity index is 0.00000300. The molecular formula is C19H25F3IN5S. The van der Waals surface area contributed by atoms with Crippen molar-refractivity contribution in [3.05, 3.63) is 46.4 Å². The van der Waals surface area contributed by atoms with Crippen LogP contribution in [-0.2, 0) is 12.7 Å². The monoisotopic (exact) mass is 539 g/mol. The standard InChI is InChI=1S/C19H24F3N5S.HI/c1-2-23-18(24-12-17-26-16(13-28-17)19(20,21)22)25-14-8-10-27(11-9-14)15-6-4-3-5-7-15;/h3-7,13-14H,2,8-12H2,1H3,(H2,23,24,25);1H. The summed E-state index contributed by atoms with van der Waals surface area (Å²) in [6, 6.07) is 10.6. The maximum Gasteiger partial charge on any atom is 0.434 e. The van der Waals surface area contributed by atoms with Crippen molar-refractivity contribution < 1.29 is 13.2 Å². The lowest BCUT2D eigenvalue weighted by molar-refractivity contribution is -0.140. The molecule has 1 aliphatic rings. The number of aliphatic imine (C=N–C) groups is 1. The molecular weight excluding hydrogens is 514 g/mol. The number of benzene rings is 1. The van der Waals surface area contributed by atoms with Crippen LogP contribution in [0.2, 0.25) is 0 Å². The fourth-order valence-electron chi connectivity index (χ4n) is 3.09. The van der Waals surface area contributed by atoms with Crippen molar-refractivity contribution in [1.29, 1.82) is 0 Å². The number of anilines is 1. The average molecular weight is 539 g/mol. The van der Waals surface area contributed by atoms with E-state index < -0.39 is 11.9 Å². The SMILES string of the molecule is CCNC(=NCc1nc(C(F)(F)F)cs1)NC1CCN(c2ccccc2)CC1.I. The number of nitrogens with one attached hydrogen (secondary N) is 2. The molecule has 1 aliphatic heterocycles. The van der Waals surface area contributed by atoms with E-state index in [9.17, 15) is 13.2 Å². The number of hydrogen-bond acceptors (Lipinski definition) is 4. The number of alkyl halides is 3. The van der Waals surface area contributed by atoms with E-state index in [-0.39, 0.29) is 36.6 Å². The van der Waals surface area contributed by atoms with Crippen molar-refractivity contribution in [3.8, 4) is 0 Å². The number of guanidine groups is 1. The molecule has 0 saturated carbocycles. The smallest absolute Gasteiger partial charge is 0.371 e. The number of piperidine rings is 1. The van der Waals surface area contributed by atoms with Gasteiger partial charge in [-0.05, 0) is 31.9 Å². The predicted octanol–water partition coefficient (Wildman–Crippen LogP) is 4.50. The van der Waals surface area contributed by atoms with Gasteiger partial charge in [-0.1, -0.05) is 18.2 Å². The van der Waals surface area contributed by atoms with Crippen LogP contribution in [-0.4, -0.2) is 36.6 Å². The molecule has 1 aromatic carbocycles. The Labute approximate surface area is 189 Å². The van der Waals surface area contributed by atoms with Crippen molar-refractivity contribution in [2.45, 2.75) is 38.5 Å². The third-order valence-electron chi connectivity index (χ3n) is 4.52. The zero-order valence-electron chi connectivity index (χ0n) is 16.1. The van der Waals surface area contributed by atoms with Gasteiger partial charge in [0, 0.05) is 36.7 Å². The largest absolute Gasteiger partial charge is 0.434 e. The number of hydrogen-bond donors (Lipinski definition) is 2. The van der Waals surface area contributed by atoms with E-state index in [4.69, 9.17) is 0 Å². The summed E-state index contributed by atoms with van der Waals surface area (Å²) in [7, 11) is 0. The highest BCUT2D eigenvalue weighted by Gasteiger charge is 2.33. The zero-order valence-corrected chi connectivity index (χ0v) is 19.2. The van der Waals surface area contributed by atoms with E-state index in [2.05, 4.69) is 37.6 Å². The molecule has 0 bridgehead atoms. The molecule has 29 heavy (non-hydrogen) atoms. The summed E-state index contributed by atoms with van der Waals surface area (Å²) in [6.45, 7) is 4.66. The van der Waals surface area contributed by atoms with Crippen LogP contribution in [0.5, 0.6) is 0 Å². The molecule has 10 heteroatoms. The molecule has 0 spiro atoms. The van der Waals surface area contributed by atoms with Gasteiger partial charge in [0.2, 0.25) is 0 Å². The van der Waals surface area contributed by atoms with Gasteiger partial charge >= 0.3 is 6.18 Å². The maximum absolute atomic E-state index is 12.7. The highest BCUT2D eigenvalue weighted by Crippen LogP contribution is 2.30. The molecule has 0 unspecified atom stereocenters. The van der Waals surface area contributed by atoms with E-state index >= 15 is 0 Å². The van der Waals surface area contributed by atoms with Gasteiger partial charge in [-0.25, -0.2) is 9.98 Å². The van der Waals surface area contributed by atoms with Crippen molar-refractivity contribution >= 4 is 47.0 Å². The van der Waals surface area contributed by atoms with E-state index in [1.807, 2.05) is 25.1 Å². The van der Waals surface area contributed by atoms with Crippen molar-refractivity contribution in [1.82, 2.24) is 15.6 Å². The second kappa shape index (κ2) is 11.0. The molecule has 0 radical (unpaired) electrons. The Morgan fingerprint density at radius 3 is 2.52 bits per heavy atom. The van der Waals surface area contributed by atoms with Crippen molar-refractivity contribution in [2.24, 2.45) is 4.99 Å². The highest BCUT2D eigenvalue weighted by atomic mass is 127. The molecule has 3 rings (SSSR count). The van der Waals surface area contributed by atoms with E-state index in [0.29, 0.717) is 17.5 Å². The summed E-state index contributed by atoms with van der Waals surface area (Å²) >= 11 is 0.980. The first kappa shape index (κ1) is 23.7. The molecule has 0 atom stereocenters. The number of thiazole rings is 1. The van der Waals surface area contributed by atoms with Crippen molar-refractivity contribution in [2.75, 3.05) is 24.5 Å². The van der Waals surface area contributed by atoms with Gasteiger partial charge in [-0.2, -0.15) is 13.2 Å². The number of rotatable bonds is 5. The second-order valence-electron chi connectivity index (χ2n) is 6.56. The molecule has 5 nitrogen and oxygen atoms in total. The zero-order chi connectivity index (χ0) is 20.0. The number of aromatic nitrogens is 1. The Hall–Kier alpha value is -1.56. The van der Waals surface area contributed by atoms with Crippen molar-refractivity contribution in [3.63, 3.8) is 0 Å². The minimum Gasteiger partial charge on any atom is -0.371 e. The molecule has 1 saturated heterocycles. The van der Waals surface area contributed by atoms with Crippen LogP contribution >= 0.6 is 35.3 Å². The summed E-state index contributed by atoms with van der Waals surface area (Å²) in [5.74, 6) is 0.615.